The highest BCUT2D eigenvalue weighted by atomic mass is 19.4. The second-order valence-corrected chi connectivity index (χ2v) is 5.79. The lowest BCUT2D eigenvalue weighted by atomic mass is 9.84. The number of hydrogen-bond donors (Lipinski definition) is 1. The Labute approximate surface area is 158 Å². The van der Waals surface area contributed by atoms with E-state index in [4.69, 9.17) is 0 Å². The summed E-state index contributed by atoms with van der Waals surface area (Å²) in [7, 11) is 0. The molecule has 0 aliphatic rings. The zero-order valence-electron chi connectivity index (χ0n) is 13.7. The van der Waals surface area contributed by atoms with Gasteiger partial charge < -0.3 is 5.73 Å². The number of benzene rings is 1. The normalized spacial score (nSPS) is 15.4. The van der Waals surface area contributed by atoms with Crippen LogP contribution in [0.1, 0.15) is 16.7 Å². The van der Waals surface area contributed by atoms with Gasteiger partial charge in [-0.05, 0) is 12.1 Å². The van der Waals surface area contributed by atoms with Crippen molar-refractivity contribution in [3.8, 4) is 0 Å². The summed E-state index contributed by atoms with van der Waals surface area (Å²) in [5, 5.41) is 0. The van der Waals surface area contributed by atoms with Crippen LogP contribution in [0.3, 0.4) is 0 Å². The van der Waals surface area contributed by atoms with Crippen LogP contribution in [0, 0.1) is 0 Å². The van der Waals surface area contributed by atoms with Crippen LogP contribution in [0.4, 0.5) is 80.3 Å². The third kappa shape index (κ3) is 4.04. The van der Waals surface area contributed by atoms with Crippen molar-refractivity contribution >= 4 is 5.69 Å². The third-order valence-corrected chi connectivity index (χ3v) is 3.82. The molecule has 0 unspecified atom stereocenters. The molecule has 180 valence electrons. The van der Waals surface area contributed by atoms with E-state index in [1.54, 1.807) is 0 Å². The molecule has 0 fully saturated rings. The standard InChI is InChI=1S/C13H4F17N/c14-7(10(19,20)21,11(22,23)24)3-1-4(6(31)5(2-3)9(16,17)18)8(15,12(25,26)27)13(28,29)30/h1-2H,31H2. The first-order valence-corrected chi connectivity index (χ1v) is 6.91. The van der Waals surface area contributed by atoms with E-state index in [0.717, 1.165) is 0 Å². The number of nitrogen functional groups attached to an aromatic ring is 1. The third-order valence-electron chi connectivity index (χ3n) is 3.82. The van der Waals surface area contributed by atoms with Gasteiger partial charge in [0, 0.05) is 11.1 Å². The van der Waals surface area contributed by atoms with E-state index in [9.17, 15) is 74.6 Å². The first-order chi connectivity index (χ1) is 13.2. The average Bonchev–Trinajstić information content (AvgIpc) is 2.47. The number of nitrogens with two attached hydrogens (primary N) is 1. The molecule has 0 aliphatic carbocycles. The van der Waals surface area contributed by atoms with Gasteiger partial charge in [0.05, 0.1) is 11.3 Å². The molecule has 0 atom stereocenters. The lowest BCUT2D eigenvalue weighted by Crippen LogP contribution is -2.53. The van der Waals surface area contributed by atoms with E-state index in [1.807, 2.05) is 0 Å². The van der Waals surface area contributed by atoms with Gasteiger partial charge in [-0.3, -0.25) is 0 Å². The first kappa shape index (κ1) is 26.9. The SMILES string of the molecule is Nc1c(C(F)(F)F)cc(C(F)(C(F)(F)F)C(F)(F)F)cc1C(F)(C(F)(F)F)C(F)(F)F. The molecule has 1 aromatic rings. The Kier molecular flexibility index (Phi) is 5.99. The minimum Gasteiger partial charge on any atom is -0.398 e. The van der Waals surface area contributed by atoms with Crippen molar-refractivity contribution in [1.29, 1.82) is 0 Å². The molecule has 0 bridgehead atoms. The van der Waals surface area contributed by atoms with Gasteiger partial charge in [0.25, 0.3) is 0 Å². The topological polar surface area (TPSA) is 26.0 Å². The Morgan fingerprint density at radius 1 is 0.452 bits per heavy atom. The van der Waals surface area contributed by atoms with Crippen LogP contribution >= 0.6 is 0 Å². The summed E-state index contributed by atoms with van der Waals surface area (Å²) in [6.07, 6.45) is -35.4. The summed E-state index contributed by atoms with van der Waals surface area (Å²) < 4.78 is 220. The molecule has 1 aromatic carbocycles. The van der Waals surface area contributed by atoms with Crippen LogP contribution in [0.2, 0.25) is 0 Å². The molecule has 0 saturated carbocycles. The number of halogens is 17. The summed E-state index contributed by atoms with van der Waals surface area (Å²) >= 11 is 0. The van der Waals surface area contributed by atoms with Gasteiger partial charge in [-0.25, -0.2) is 8.78 Å². The lowest BCUT2D eigenvalue weighted by Gasteiger charge is -2.35. The number of rotatable bonds is 2. The maximum atomic E-state index is 14.1. The van der Waals surface area contributed by atoms with Gasteiger partial charge in [0.15, 0.2) is 0 Å². The van der Waals surface area contributed by atoms with Crippen LogP contribution < -0.4 is 5.73 Å². The second-order valence-electron chi connectivity index (χ2n) is 5.79. The zero-order valence-corrected chi connectivity index (χ0v) is 13.7. The molecule has 0 amide bonds. The van der Waals surface area contributed by atoms with E-state index in [1.165, 1.54) is 0 Å². The largest absolute Gasteiger partial charge is 0.436 e. The molecule has 0 aliphatic heterocycles. The number of anilines is 1. The minimum atomic E-state index is -7.30. The Hall–Kier alpha value is -2.17. The van der Waals surface area contributed by atoms with Gasteiger partial charge >= 0.3 is 42.2 Å². The molecule has 1 rings (SSSR count). The van der Waals surface area contributed by atoms with E-state index in [0.29, 0.717) is 0 Å². The van der Waals surface area contributed by atoms with Crippen LogP contribution in [0.15, 0.2) is 12.1 Å². The predicted octanol–water partition coefficient (Wildman–Crippen LogP) is 6.87. The molecule has 0 heterocycles. The fourth-order valence-corrected chi connectivity index (χ4v) is 2.33. The molecule has 0 saturated heterocycles. The molecule has 0 spiro atoms. The van der Waals surface area contributed by atoms with Crippen molar-refractivity contribution < 1.29 is 74.6 Å². The van der Waals surface area contributed by atoms with Crippen LogP contribution in [0.5, 0.6) is 0 Å². The monoisotopic (exact) mass is 497 g/mol. The van der Waals surface area contributed by atoms with Gasteiger partial charge in [-0.1, -0.05) is 0 Å². The molecule has 18 heteroatoms. The summed E-state index contributed by atoms with van der Waals surface area (Å²) in [5.41, 5.74) is -22.6. The van der Waals surface area contributed by atoms with Crippen LogP contribution in [0.25, 0.3) is 0 Å². The van der Waals surface area contributed by atoms with Crippen molar-refractivity contribution in [2.75, 3.05) is 5.73 Å². The Morgan fingerprint density at radius 2 is 0.742 bits per heavy atom. The average molecular weight is 497 g/mol. The molecular formula is C13H4F17N. The highest BCUT2D eigenvalue weighted by Gasteiger charge is 2.77. The highest BCUT2D eigenvalue weighted by Crippen LogP contribution is 2.59. The Balaban J connectivity index is 4.34. The maximum Gasteiger partial charge on any atom is 0.436 e. The molecule has 0 aromatic heterocycles. The lowest BCUT2D eigenvalue weighted by molar-refractivity contribution is -0.350. The number of hydrogen-bond acceptors (Lipinski definition) is 1. The second kappa shape index (κ2) is 6.91. The van der Waals surface area contributed by atoms with Crippen LogP contribution in [-0.4, -0.2) is 24.7 Å². The molecule has 1 nitrogen and oxygen atoms in total. The first-order valence-electron chi connectivity index (χ1n) is 6.91. The summed E-state index contributed by atoms with van der Waals surface area (Å²) in [5.74, 6) is 0. The quantitative estimate of drug-likeness (QED) is 0.351. The van der Waals surface area contributed by atoms with Gasteiger partial charge in [-0.15, -0.1) is 0 Å². The summed E-state index contributed by atoms with van der Waals surface area (Å²) in [4.78, 5) is 0. The van der Waals surface area contributed by atoms with E-state index in [-0.39, 0.29) is 0 Å². The van der Waals surface area contributed by atoms with Crippen LogP contribution in [-0.2, 0) is 17.5 Å². The predicted molar refractivity (Wildman–Crippen MR) is 65.6 cm³/mol. The molecule has 0 radical (unpaired) electrons. The fraction of sp³-hybridized carbons (Fsp3) is 0.538. The Morgan fingerprint density at radius 3 is 1.00 bits per heavy atom. The van der Waals surface area contributed by atoms with Crippen molar-refractivity contribution in [2.24, 2.45) is 0 Å². The van der Waals surface area contributed by atoms with Crippen molar-refractivity contribution in [3.63, 3.8) is 0 Å². The van der Waals surface area contributed by atoms with Crippen molar-refractivity contribution in [2.45, 2.75) is 42.2 Å². The maximum absolute atomic E-state index is 14.1. The van der Waals surface area contributed by atoms with Crippen molar-refractivity contribution in [3.05, 3.63) is 28.8 Å². The summed E-state index contributed by atoms with van der Waals surface area (Å²) in [6.45, 7) is 0. The molecule has 31 heavy (non-hydrogen) atoms. The minimum absolute atomic E-state index is 1.41. The van der Waals surface area contributed by atoms with Gasteiger partial charge in [-0.2, -0.15) is 65.9 Å². The Bertz CT molecular complexity index is 791. The molecular weight excluding hydrogens is 493 g/mol. The summed E-state index contributed by atoms with van der Waals surface area (Å²) in [6, 6.07) is -3.06. The van der Waals surface area contributed by atoms with E-state index in [2.05, 4.69) is 5.73 Å². The van der Waals surface area contributed by atoms with Crippen molar-refractivity contribution in [1.82, 2.24) is 0 Å². The zero-order chi connectivity index (χ0) is 25.2. The smallest absolute Gasteiger partial charge is 0.398 e. The van der Waals surface area contributed by atoms with E-state index < -0.39 is 76.7 Å². The number of alkyl halides is 17. The molecule has 2 N–H and O–H groups in total. The highest BCUT2D eigenvalue weighted by molar-refractivity contribution is 5.61. The fourth-order valence-electron chi connectivity index (χ4n) is 2.33. The van der Waals surface area contributed by atoms with Gasteiger partial charge in [0.1, 0.15) is 0 Å². The van der Waals surface area contributed by atoms with Gasteiger partial charge in [0.2, 0.25) is 0 Å². The van der Waals surface area contributed by atoms with E-state index >= 15 is 0 Å².